The van der Waals surface area contributed by atoms with Gasteiger partial charge in [0.2, 0.25) is 0 Å². The van der Waals surface area contributed by atoms with Crippen molar-refractivity contribution in [1.82, 2.24) is 9.55 Å². The second-order valence-electron chi connectivity index (χ2n) is 15.9. The quantitative estimate of drug-likeness (QED) is 0.0651. The molecule has 0 saturated heterocycles. The van der Waals surface area contributed by atoms with Crippen LogP contribution in [-0.4, -0.2) is 9.55 Å². The molecule has 0 N–H and O–H groups in total. The van der Waals surface area contributed by atoms with Crippen molar-refractivity contribution in [2.24, 2.45) is 5.92 Å². The van der Waals surface area contributed by atoms with Crippen LogP contribution in [0.15, 0.2) is 49.1 Å². The fourth-order valence-electron chi connectivity index (χ4n) is 8.12. The zero-order valence-electron chi connectivity index (χ0n) is 33.2. The third kappa shape index (κ3) is 25.1. The van der Waals surface area contributed by atoms with Gasteiger partial charge in [-0.05, 0) is 30.7 Å². The predicted molar refractivity (Wildman–Crippen MR) is 219 cm³/mol. The number of hydrogen-bond donors (Lipinski definition) is 0. The Balaban J connectivity index is 1.61. The maximum Gasteiger partial charge on any atom is 0.0948 e. The molecule has 0 radical (unpaired) electrons. The van der Waals surface area contributed by atoms with Gasteiger partial charge < -0.3 is 4.57 Å². The molecule has 2 aromatic rings. The Bertz CT molecular complexity index is 890. The maximum atomic E-state index is 4.50. The first-order valence-electron chi connectivity index (χ1n) is 22.4. The summed E-state index contributed by atoms with van der Waals surface area (Å²) >= 11 is 0. The molecule has 282 valence electrons. The van der Waals surface area contributed by atoms with Crippen LogP contribution < -0.4 is 0 Å². The van der Waals surface area contributed by atoms with Gasteiger partial charge in [0.15, 0.2) is 0 Å². The van der Waals surface area contributed by atoms with E-state index in [0.29, 0.717) is 12.0 Å². The standard InChI is InChI=1S/C47H84N2/c1-3-5-7-9-11-13-15-17-19-21-23-25-27-29-31-36-40-47(49-42-41-48-44-49)46(43-45-37-33-32-34-38-45)39-35-30-28-26-24-22-20-18-16-14-12-10-8-6-4-2/h32-34,37-38,41-42,44,46-47H,3-31,35-36,39-40,43H2,1-2H3. The molecule has 1 aromatic carbocycles. The molecule has 2 unspecified atom stereocenters. The maximum absolute atomic E-state index is 4.50. The summed E-state index contributed by atoms with van der Waals surface area (Å²) in [5.41, 5.74) is 1.51. The van der Waals surface area contributed by atoms with Crippen molar-refractivity contribution >= 4 is 0 Å². The summed E-state index contributed by atoms with van der Waals surface area (Å²) in [6.45, 7) is 4.62. The molecule has 0 saturated carbocycles. The van der Waals surface area contributed by atoms with Gasteiger partial charge in [-0.1, -0.05) is 243 Å². The van der Waals surface area contributed by atoms with E-state index in [-0.39, 0.29) is 0 Å². The lowest BCUT2D eigenvalue weighted by molar-refractivity contribution is 0.275. The van der Waals surface area contributed by atoms with Crippen molar-refractivity contribution in [3.8, 4) is 0 Å². The largest absolute Gasteiger partial charge is 0.334 e. The van der Waals surface area contributed by atoms with E-state index in [1.165, 1.54) is 224 Å². The van der Waals surface area contributed by atoms with Gasteiger partial charge in [0.1, 0.15) is 0 Å². The molecule has 49 heavy (non-hydrogen) atoms. The lowest BCUT2D eigenvalue weighted by atomic mass is 9.84. The van der Waals surface area contributed by atoms with E-state index in [1.54, 1.807) is 0 Å². The fourth-order valence-corrected chi connectivity index (χ4v) is 8.12. The van der Waals surface area contributed by atoms with Gasteiger partial charge in [-0.3, -0.25) is 0 Å². The monoisotopic (exact) mass is 677 g/mol. The number of rotatable bonds is 37. The first-order chi connectivity index (χ1) is 24.3. The first kappa shape index (κ1) is 43.6. The molecule has 2 atom stereocenters. The highest BCUT2D eigenvalue weighted by Crippen LogP contribution is 2.32. The SMILES string of the molecule is CCCCCCCCCCCCCCCCCCC(C(CCCCCCCCCCCCCCCCC)Cc1ccccc1)n1ccnc1. The van der Waals surface area contributed by atoms with Crippen LogP contribution in [0.2, 0.25) is 0 Å². The van der Waals surface area contributed by atoms with Crippen molar-refractivity contribution < 1.29 is 0 Å². The van der Waals surface area contributed by atoms with Crippen LogP contribution in [0.1, 0.15) is 237 Å². The average Bonchev–Trinajstić information content (AvgIpc) is 3.66. The molecule has 0 amide bonds. The van der Waals surface area contributed by atoms with Gasteiger partial charge in [-0.25, -0.2) is 4.98 Å². The third-order valence-electron chi connectivity index (χ3n) is 11.3. The number of hydrogen-bond acceptors (Lipinski definition) is 1. The zero-order chi connectivity index (χ0) is 34.7. The molecular formula is C47H84N2. The van der Waals surface area contributed by atoms with Crippen molar-refractivity contribution in [1.29, 1.82) is 0 Å². The molecule has 2 rings (SSSR count). The molecule has 1 heterocycles. The Labute approximate surface area is 307 Å². The van der Waals surface area contributed by atoms with Crippen LogP contribution >= 0.6 is 0 Å². The van der Waals surface area contributed by atoms with Crippen molar-refractivity contribution in [2.45, 2.75) is 238 Å². The lowest BCUT2D eigenvalue weighted by Gasteiger charge is -2.29. The van der Waals surface area contributed by atoms with E-state index < -0.39 is 0 Å². The molecular weight excluding hydrogens is 593 g/mol. The summed E-state index contributed by atoms with van der Waals surface area (Å²) < 4.78 is 2.46. The highest BCUT2D eigenvalue weighted by atomic mass is 15.1. The fraction of sp³-hybridized carbons (Fsp3) is 0.809. The minimum atomic E-state index is 0.570. The molecule has 0 bridgehead atoms. The Hall–Kier alpha value is -1.57. The van der Waals surface area contributed by atoms with Crippen LogP contribution in [0.5, 0.6) is 0 Å². The van der Waals surface area contributed by atoms with Crippen LogP contribution in [0, 0.1) is 5.92 Å². The van der Waals surface area contributed by atoms with E-state index in [0.717, 1.165) is 0 Å². The summed E-state index contributed by atoms with van der Waals surface area (Å²) in [5.74, 6) is 0.690. The summed E-state index contributed by atoms with van der Waals surface area (Å²) in [6.07, 6.45) is 54.7. The lowest BCUT2D eigenvalue weighted by Crippen LogP contribution is -2.21. The van der Waals surface area contributed by atoms with Gasteiger partial charge in [0.25, 0.3) is 0 Å². The van der Waals surface area contributed by atoms with Crippen LogP contribution in [0.25, 0.3) is 0 Å². The zero-order valence-corrected chi connectivity index (χ0v) is 33.2. The summed E-state index contributed by atoms with van der Waals surface area (Å²) in [5, 5.41) is 0. The van der Waals surface area contributed by atoms with E-state index in [2.05, 4.69) is 66.3 Å². The van der Waals surface area contributed by atoms with Crippen LogP contribution in [0.4, 0.5) is 0 Å². The number of imidazole rings is 1. The molecule has 0 spiro atoms. The molecule has 2 heteroatoms. The Morgan fingerprint density at radius 2 is 0.816 bits per heavy atom. The number of aromatic nitrogens is 2. The normalized spacial score (nSPS) is 12.9. The smallest absolute Gasteiger partial charge is 0.0948 e. The average molecular weight is 677 g/mol. The Kier molecular flexibility index (Phi) is 29.9. The second kappa shape index (κ2) is 33.6. The Morgan fingerprint density at radius 3 is 1.18 bits per heavy atom. The van der Waals surface area contributed by atoms with Crippen molar-refractivity contribution in [3.63, 3.8) is 0 Å². The topological polar surface area (TPSA) is 17.8 Å². The summed E-state index contributed by atoms with van der Waals surface area (Å²) in [7, 11) is 0. The van der Waals surface area contributed by atoms with Crippen LogP contribution in [0.3, 0.4) is 0 Å². The highest BCUT2D eigenvalue weighted by Gasteiger charge is 2.23. The van der Waals surface area contributed by atoms with Gasteiger partial charge in [0.05, 0.1) is 6.33 Å². The minimum Gasteiger partial charge on any atom is -0.334 e. The molecule has 0 fully saturated rings. The minimum absolute atomic E-state index is 0.570. The second-order valence-corrected chi connectivity index (χ2v) is 15.9. The highest BCUT2D eigenvalue weighted by molar-refractivity contribution is 5.15. The van der Waals surface area contributed by atoms with E-state index in [4.69, 9.17) is 0 Å². The summed E-state index contributed by atoms with van der Waals surface area (Å²) in [6, 6.07) is 11.9. The molecule has 2 nitrogen and oxygen atoms in total. The van der Waals surface area contributed by atoms with E-state index in [1.807, 2.05) is 6.20 Å². The van der Waals surface area contributed by atoms with Gasteiger partial charge in [-0.2, -0.15) is 0 Å². The molecule has 0 aliphatic carbocycles. The number of nitrogens with zero attached hydrogens (tertiary/aromatic N) is 2. The first-order valence-corrected chi connectivity index (χ1v) is 22.4. The predicted octanol–water partition coefficient (Wildman–Crippen LogP) is 16.2. The third-order valence-corrected chi connectivity index (χ3v) is 11.3. The van der Waals surface area contributed by atoms with Gasteiger partial charge in [-0.15, -0.1) is 0 Å². The van der Waals surface area contributed by atoms with Crippen molar-refractivity contribution in [3.05, 3.63) is 54.6 Å². The van der Waals surface area contributed by atoms with E-state index in [9.17, 15) is 0 Å². The Morgan fingerprint density at radius 1 is 0.449 bits per heavy atom. The molecule has 0 aliphatic rings. The molecule has 0 aliphatic heterocycles. The van der Waals surface area contributed by atoms with Gasteiger partial charge in [0, 0.05) is 18.4 Å². The number of unbranched alkanes of at least 4 members (excludes halogenated alkanes) is 29. The summed E-state index contributed by atoms with van der Waals surface area (Å²) in [4.78, 5) is 4.50. The van der Waals surface area contributed by atoms with Crippen molar-refractivity contribution in [2.75, 3.05) is 0 Å². The van der Waals surface area contributed by atoms with E-state index >= 15 is 0 Å². The van der Waals surface area contributed by atoms with Crippen LogP contribution in [-0.2, 0) is 6.42 Å². The molecule has 1 aromatic heterocycles. The van der Waals surface area contributed by atoms with Gasteiger partial charge >= 0.3 is 0 Å². The number of benzene rings is 1.